The molecule has 1 heterocycles. The number of halogens is 1. The highest BCUT2D eigenvalue weighted by atomic mass is 35.5. The molecule has 1 N–H and O–H groups in total. The van der Waals surface area contributed by atoms with Crippen LogP contribution >= 0.6 is 23.4 Å². The Morgan fingerprint density at radius 1 is 1.06 bits per heavy atom. The van der Waals surface area contributed by atoms with Gasteiger partial charge in [0.1, 0.15) is 5.37 Å². The van der Waals surface area contributed by atoms with Crippen LogP contribution in [0.5, 0.6) is 0 Å². The first-order valence-corrected chi connectivity index (χ1v) is 12.2. The topological polar surface area (TPSA) is 75.7 Å². The van der Waals surface area contributed by atoms with Gasteiger partial charge in [0.2, 0.25) is 5.91 Å². The molecule has 0 saturated carbocycles. The van der Waals surface area contributed by atoms with Crippen molar-refractivity contribution in [2.75, 3.05) is 17.7 Å². The molecule has 34 heavy (non-hydrogen) atoms. The number of nitrogens with one attached hydrogen (secondary N) is 1. The van der Waals surface area contributed by atoms with Crippen LogP contribution in [0.1, 0.15) is 44.1 Å². The summed E-state index contributed by atoms with van der Waals surface area (Å²) in [6, 6.07) is 21.7. The van der Waals surface area contributed by atoms with E-state index in [0.717, 1.165) is 11.1 Å². The summed E-state index contributed by atoms with van der Waals surface area (Å²) in [5.41, 5.74) is 3.20. The summed E-state index contributed by atoms with van der Waals surface area (Å²) in [6.07, 6.45) is 0. The fraction of sp³-hybridized carbons (Fsp3) is 0.192. The highest BCUT2D eigenvalue weighted by Gasteiger charge is 2.32. The van der Waals surface area contributed by atoms with E-state index in [1.807, 2.05) is 47.4 Å². The lowest BCUT2D eigenvalue weighted by molar-refractivity contribution is -0.128. The van der Waals surface area contributed by atoms with E-state index in [-0.39, 0.29) is 28.8 Å². The van der Waals surface area contributed by atoms with Crippen molar-refractivity contribution in [3.8, 4) is 0 Å². The number of nitrogens with zero attached hydrogens (tertiary/aromatic N) is 1. The Labute approximate surface area is 207 Å². The monoisotopic (exact) mass is 494 g/mol. The Bertz CT molecular complexity index is 1200. The summed E-state index contributed by atoms with van der Waals surface area (Å²) in [4.78, 5) is 38.9. The van der Waals surface area contributed by atoms with Crippen LogP contribution in [0.2, 0.25) is 5.02 Å². The van der Waals surface area contributed by atoms with Crippen molar-refractivity contribution in [1.82, 2.24) is 4.90 Å². The maximum atomic E-state index is 12.7. The van der Waals surface area contributed by atoms with Crippen LogP contribution in [0.3, 0.4) is 0 Å². The van der Waals surface area contributed by atoms with Crippen LogP contribution in [0.15, 0.2) is 72.8 Å². The van der Waals surface area contributed by atoms with E-state index in [9.17, 15) is 14.4 Å². The van der Waals surface area contributed by atoms with Crippen molar-refractivity contribution in [3.05, 3.63) is 100 Å². The Morgan fingerprint density at radius 2 is 1.76 bits per heavy atom. The third kappa shape index (κ3) is 5.43. The van der Waals surface area contributed by atoms with Gasteiger partial charge in [-0.2, -0.15) is 0 Å². The first-order valence-electron chi connectivity index (χ1n) is 10.8. The molecule has 0 unspecified atom stereocenters. The molecular formula is C26H23ClN2O4S. The Hall–Kier alpha value is -3.29. The van der Waals surface area contributed by atoms with Crippen LogP contribution in [0.25, 0.3) is 0 Å². The van der Waals surface area contributed by atoms with E-state index >= 15 is 0 Å². The quantitative estimate of drug-likeness (QED) is 0.436. The number of carbonyl (C=O) groups is 3. The zero-order valence-electron chi connectivity index (χ0n) is 18.5. The van der Waals surface area contributed by atoms with Gasteiger partial charge in [0.05, 0.1) is 28.6 Å². The van der Waals surface area contributed by atoms with Crippen molar-refractivity contribution < 1.29 is 19.1 Å². The zero-order chi connectivity index (χ0) is 24.1. The summed E-state index contributed by atoms with van der Waals surface area (Å²) in [5.74, 6) is -0.266. The number of thioether (sulfide) groups is 1. The second-order valence-corrected chi connectivity index (χ2v) is 9.14. The van der Waals surface area contributed by atoms with Gasteiger partial charge in [0.25, 0.3) is 5.91 Å². The summed E-state index contributed by atoms with van der Waals surface area (Å²) >= 11 is 7.83. The summed E-state index contributed by atoms with van der Waals surface area (Å²) in [7, 11) is 0. The molecule has 1 atom stereocenters. The van der Waals surface area contributed by atoms with Gasteiger partial charge in [0.15, 0.2) is 0 Å². The molecule has 3 aromatic carbocycles. The number of amides is 2. The number of ether oxygens (including phenoxy) is 1. The highest BCUT2D eigenvalue weighted by Crippen LogP contribution is 2.39. The molecule has 0 aliphatic carbocycles. The number of rotatable bonds is 7. The van der Waals surface area contributed by atoms with E-state index < -0.39 is 5.97 Å². The van der Waals surface area contributed by atoms with E-state index in [1.54, 1.807) is 43.0 Å². The van der Waals surface area contributed by atoms with Crippen molar-refractivity contribution >= 4 is 46.8 Å². The molecule has 174 valence electrons. The average molecular weight is 495 g/mol. The molecule has 2 amide bonds. The molecule has 0 radical (unpaired) electrons. The third-order valence-electron chi connectivity index (χ3n) is 5.35. The molecule has 1 aliphatic rings. The van der Waals surface area contributed by atoms with Crippen LogP contribution in [-0.4, -0.2) is 35.0 Å². The van der Waals surface area contributed by atoms with Gasteiger partial charge in [-0.3, -0.25) is 9.59 Å². The first-order chi connectivity index (χ1) is 16.5. The molecule has 6 nitrogen and oxygen atoms in total. The number of benzene rings is 3. The molecule has 3 aromatic rings. The average Bonchev–Trinajstić information content (AvgIpc) is 3.21. The van der Waals surface area contributed by atoms with Crippen molar-refractivity contribution in [2.24, 2.45) is 0 Å². The molecule has 4 rings (SSSR count). The van der Waals surface area contributed by atoms with Crippen molar-refractivity contribution in [3.63, 3.8) is 0 Å². The molecule has 0 spiro atoms. The molecule has 1 fully saturated rings. The van der Waals surface area contributed by atoms with Gasteiger partial charge in [-0.25, -0.2) is 4.79 Å². The minimum Gasteiger partial charge on any atom is -0.462 e. The van der Waals surface area contributed by atoms with E-state index in [2.05, 4.69) is 5.32 Å². The van der Waals surface area contributed by atoms with E-state index in [4.69, 9.17) is 16.3 Å². The standard InChI is InChI=1S/C26H23ClN2O4S/c1-2-33-26(32)20-12-13-22(21(27)14-20)28-24(31)18-8-10-19(11-9-18)25-29(23(30)16-34-25)15-17-6-4-3-5-7-17/h3-14,25H,2,15-16H2,1H3,(H,28,31)/t25-/m1/s1. The summed E-state index contributed by atoms with van der Waals surface area (Å²) < 4.78 is 4.96. The van der Waals surface area contributed by atoms with Crippen LogP contribution < -0.4 is 5.32 Å². The van der Waals surface area contributed by atoms with Gasteiger partial charge < -0.3 is 15.0 Å². The van der Waals surface area contributed by atoms with Gasteiger partial charge in [-0.05, 0) is 48.4 Å². The SMILES string of the molecule is CCOC(=O)c1ccc(NC(=O)c2ccc([C@H]3SCC(=O)N3Cc3ccccc3)cc2)c(Cl)c1. The maximum absolute atomic E-state index is 12.7. The Morgan fingerprint density at radius 3 is 2.44 bits per heavy atom. The predicted octanol–water partition coefficient (Wildman–Crippen LogP) is 5.54. The molecule has 0 aromatic heterocycles. The van der Waals surface area contributed by atoms with Crippen LogP contribution in [0.4, 0.5) is 5.69 Å². The fourth-order valence-electron chi connectivity index (χ4n) is 3.63. The number of carbonyl (C=O) groups excluding carboxylic acids is 3. The molecule has 1 aliphatic heterocycles. The van der Waals surface area contributed by atoms with Gasteiger partial charge >= 0.3 is 5.97 Å². The normalized spacial score (nSPS) is 15.3. The minimum absolute atomic E-state index is 0.0987. The van der Waals surface area contributed by atoms with Crippen LogP contribution in [0, 0.1) is 0 Å². The van der Waals surface area contributed by atoms with E-state index in [0.29, 0.717) is 29.1 Å². The third-order valence-corrected chi connectivity index (χ3v) is 6.92. The molecular weight excluding hydrogens is 472 g/mol. The molecule has 0 bridgehead atoms. The van der Waals surface area contributed by atoms with Gasteiger partial charge in [0, 0.05) is 12.1 Å². The maximum Gasteiger partial charge on any atom is 0.338 e. The van der Waals surface area contributed by atoms with Gasteiger partial charge in [-0.1, -0.05) is 54.1 Å². The number of esters is 1. The predicted molar refractivity (Wildman–Crippen MR) is 134 cm³/mol. The van der Waals surface area contributed by atoms with Crippen molar-refractivity contribution in [2.45, 2.75) is 18.8 Å². The lowest BCUT2D eigenvalue weighted by Crippen LogP contribution is -2.27. The lowest BCUT2D eigenvalue weighted by atomic mass is 10.1. The van der Waals surface area contributed by atoms with E-state index in [1.165, 1.54) is 6.07 Å². The molecule has 1 saturated heterocycles. The number of hydrogen-bond donors (Lipinski definition) is 1. The highest BCUT2D eigenvalue weighted by molar-refractivity contribution is 8.00. The first kappa shape index (κ1) is 23.9. The zero-order valence-corrected chi connectivity index (χ0v) is 20.1. The number of anilines is 1. The van der Waals surface area contributed by atoms with Crippen molar-refractivity contribution in [1.29, 1.82) is 0 Å². The fourth-order valence-corrected chi connectivity index (χ4v) is 5.05. The lowest BCUT2D eigenvalue weighted by Gasteiger charge is -2.24. The second kappa shape index (κ2) is 10.8. The van der Waals surface area contributed by atoms with Gasteiger partial charge in [-0.15, -0.1) is 11.8 Å². The summed E-state index contributed by atoms with van der Waals surface area (Å²) in [6.45, 7) is 2.53. The minimum atomic E-state index is -0.470. The number of hydrogen-bond acceptors (Lipinski definition) is 5. The Kier molecular flexibility index (Phi) is 7.55. The smallest absolute Gasteiger partial charge is 0.338 e. The largest absolute Gasteiger partial charge is 0.462 e. The van der Waals surface area contributed by atoms with Crippen LogP contribution in [-0.2, 0) is 16.1 Å². The Balaban J connectivity index is 1.44. The summed E-state index contributed by atoms with van der Waals surface area (Å²) in [5, 5.41) is 2.91. The molecule has 8 heteroatoms. The second-order valence-electron chi connectivity index (χ2n) is 7.66.